The number of hydrogen-bond donors (Lipinski definition) is 1. The lowest BCUT2D eigenvalue weighted by molar-refractivity contribution is 0.286. The molecule has 2 aromatic rings. The summed E-state index contributed by atoms with van der Waals surface area (Å²) in [4.78, 5) is 0. The minimum Gasteiger partial charge on any atom is -0.484 e. The van der Waals surface area contributed by atoms with Crippen molar-refractivity contribution in [1.29, 1.82) is 0 Å². The maximum atomic E-state index is 13.3. The minimum atomic E-state index is -0.396. The monoisotopic (exact) mass is 239 g/mol. The zero-order valence-corrected chi connectivity index (χ0v) is 9.42. The summed E-state index contributed by atoms with van der Waals surface area (Å²) in [5, 5.41) is 4.27. The van der Waals surface area contributed by atoms with Gasteiger partial charge in [0.25, 0.3) is 0 Å². The molecule has 2 N–H and O–H groups in total. The zero-order valence-electron chi connectivity index (χ0n) is 8.61. The summed E-state index contributed by atoms with van der Waals surface area (Å²) in [6.45, 7) is 1.99. The van der Waals surface area contributed by atoms with Crippen molar-refractivity contribution in [2.75, 3.05) is 5.73 Å². The van der Waals surface area contributed by atoms with Gasteiger partial charge in [-0.15, -0.1) is 5.10 Å². The molecule has 16 heavy (non-hydrogen) atoms. The number of aromatic nitrogens is 2. The van der Waals surface area contributed by atoms with E-state index in [1.807, 2.05) is 6.92 Å². The number of benzene rings is 1. The molecule has 4 nitrogen and oxygen atoms in total. The molecule has 0 aliphatic rings. The van der Waals surface area contributed by atoms with Crippen LogP contribution in [0.5, 0.6) is 5.75 Å². The van der Waals surface area contributed by atoms with Gasteiger partial charge in [-0.25, -0.2) is 4.39 Å². The molecule has 0 fully saturated rings. The van der Waals surface area contributed by atoms with Crippen LogP contribution in [0.3, 0.4) is 0 Å². The largest absolute Gasteiger partial charge is 0.484 e. The molecule has 84 valence electrons. The topological polar surface area (TPSA) is 61.0 Å². The van der Waals surface area contributed by atoms with Gasteiger partial charge in [0.15, 0.2) is 11.6 Å². The Kier molecular flexibility index (Phi) is 3.00. The molecular weight excluding hydrogens is 229 g/mol. The first-order valence-corrected chi connectivity index (χ1v) is 5.40. The fourth-order valence-corrected chi connectivity index (χ4v) is 1.62. The Bertz CT molecular complexity index is 501. The third-order valence-corrected chi connectivity index (χ3v) is 2.63. The zero-order chi connectivity index (χ0) is 11.5. The molecule has 0 bridgehead atoms. The number of nitrogens with two attached hydrogens (primary N) is 1. The van der Waals surface area contributed by atoms with E-state index in [2.05, 4.69) is 9.59 Å². The first kappa shape index (κ1) is 10.8. The maximum absolute atomic E-state index is 13.3. The Morgan fingerprint density at radius 1 is 1.50 bits per heavy atom. The highest BCUT2D eigenvalue weighted by atomic mass is 32.1. The molecule has 0 saturated carbocycles. The SMILES string of the molecule is Cc1ccc(F)c(OCc2nnsc2N)c1. The van der Waals surface area contributed by atoms with Crippen molar-refractivity contribution in [3.63, 3.8) is 0 Å². The summed E-state index contributed by atoms with van der Waals surface area (Å²) in [6, 6.07) is 4.68. The third kappa shape index (κ3) is 2.27. The molecular formula is C10H10FN3OS. The summed E-state index contributed by atoms with van der Waals surface area (Å²) in [6.07, 6.45) is 0. The molecule has 6 heteroatoms. The van der Waals surface area contributed by atoms with Gasteiger partial charge in [0, 0.05) is 11.5 Å². The number of aryl methyl sites for hydroxylation is 1. The smallest absolute Gasteiger partial charge is 0.165 e. The van der Waals surface area contributed by atoms with Crippen LogP contribution in [0.1, 0.15) is 11.3 Å². The van der Waals surface area contributed by atoms with E-state index in [-0.39, 0.29) is 12.4 Å². The first-order chi connectivity index (χ1) is 7.66. The van der Waals surface area contributed by atoms with Gasteiger partial charge in [0.2, 0.25) is 0 Å². The standard InChI is InChI=1S/C10H10FN3OS/c1-6-2-3-7(11)9(4-6)15-5-8-10(12)16-14-13-8/h2-4H,5,12H2,1H3. The Hall–Kier alpha value is -1.69. The Morgan fingerprint density at radius 2 is 2.31 bits per heavy atom. The van der Waals surface area contributed by atoms with Crippen LogP contribution in [0.4, 0.5) is 9.39 Å². The van der Waals surface area contributed by atoms with Crippen molar-refractivity contribution in [3.05, 3.63) is 35.3 Å². The van der Waals surface area contributed by atoms with Gasteiger partial charge in [-0.1, -0.05) is 10.6 Å². The molecule has 1 aromatic carbocycles. The number of nitrogen functional groups attached to an aromatic ring is 1. The normalized spacial score (nSPS) is 10.4. The van der Waals surface area contributed by atoms with Crippen LogP contribution in [0.25, 0.3) is 0 Å². The fourth-order valence-electron chi connectivity index (χ4n) is 1.18. The van der Waals surface area contributed by atoms with Gasteiger partial charge in [-0.3, -0.25) is 0 Å². The van der Waals surface area contributed by atoms with Crippen LogP contribution in [-0.2, 0) is 6.61 Å². The highest BCUT2D eigenvalue weighted by Crippen LogP contribution is 2.21. The lowest BCUT2D eigenvalue weighted by Gasteiger charge is -2.06. The minimum absolute atomic E-state index is 0.128. The van der Waals surface area contributed by atoms with Crippen molar-refractivity contribution < 1.29 is 9.13 Å². The average Bonchev–Trinajstić information content (AvgIpc) is 2.66. The van der Waals surface area contributed by atoms with Crippen molar-refractivity contribution >= 4 is 16.5 Å². The van der Waals surface area contributed by atoms with Crippen LogP contribution in [0.15, 0.2) is 18.2 Å². The Morgan fingerprint density at radius 3 is 3.00 bits per heavy atom. The molecule has 0 aliphatic carbocycles. The number of nitrogens with zero attached hydrogens (tertiary/aromatic N) is 2. The Balaban J connectivity index is 2.10. The fraction of sp³-hybridized carbons (Fsp3) is 0.200. The molecule has 0 atom stereocenters. The van der Waals surface area contributed by atoms with E-state index >= 15 is 0 Å². The molecule has 0 aliphatic heterocycles. The molecule has 2 rings (SSSR count). The number of hydrogen-bond acceptors (Lipinski definition) is 5. The first-order valence-electron chi connectivity index (χ1n) is 4.62. The summed E-state index contributed by atoms with van der Waals surface area (Å²) < 4.78 is 22.3. The third-order valence-electron chi connectivity index (χ3n) is 2.04. The molecule has 0 unspecified atom stereocenters. The Labute approximate surface area is 96.0 Å². The van der Waals surface area contributed by atoms with Crippen molar-refractivity contribution in [2.45, 2.75) is 13.5 Å². The predicted octanol–water partition coefficient (Wildman–Crippen LogP) is 2.15. The van der Waals surface area contributed by atoms with Gasteiger partial charge < -0.3 is 10.5 Å². The number of anilines is 1. The van der Waals surface area contributed by atoms with Gasteiger partial charge in [-0.2, -0.15) is 0 Å². The molecule has 1 aromatic heterocycles. The van der Waals surface area contributed by atoms with Crippen LogP contribution in [0, 0.1) is 12.7 Å². The van der Waals surface area contributed by atoms with E-state index < -0.39 is 5.82 Å². The number of halogens is 1. The molecule has 0 amide bonds. The van der Waals surface area contributed by atoms with Crippen molar-refractivity contribution in [1.82, 2.24) is 9.59 Å². The van der Waals surface area contributed by atoms with E-state index in [1.54, 1.807) is 12.1 Å². The van der Waals surface area contributed by atoms with Crippen LogP contribution in [0.2, 0.25) is 0 Å². The predicted molar refractivity (Wildman–Crippen MR) is 59.8 cm³/mol. The van der Waals surface area contributed by atoms with Gasteiger partial charge in [0.1, 0.15) is 17.3 Å². The average molecular weight is 239 g/mol. The van der Waals surface area contributed by atoms with Gasteiger partial charge in [-0.05, 0) is 24.6 Å². The van der Waals surface area contributed by atoms with E-state index in [0.29, 0.717) is 10.7 Å². The van der Waals surface area contributed by atoms with Crippen LogP contribution >= 0.6 is 11.5 Å². The highest BCUT2D eigenvalue weighted by molar-refractivity contribution is 7.09. The van der Waals surface area contributed by atoms with E-state index in [1.165, 1.54) is 6.07 Å². The lowest BCUT2D eigenvalue weighted by atomic mass is 10.2. The van der Waals surface area contributed by atoms with E-state index in [4.69, 9.17) is 10.5 Å². The molecule has 0 saturated heterocycles. The van der Waals surface area contributed by atoms with E-state index in [0.717, 1.165) is 17.1 Å². The highest BCUT2D eigenvalue weighted by Gasteiger charge is 2.08. The molecule has 1 heterocycles. The second-order valence-electron chi connectivity index (χ2n) is 3.31. The second-order valence-corrected chi connectivity index (χ2v) is 4.09. The number of ether oxygens (including phenoxy) is 1. The van der Waals surface area contributed by atoms with Crippen molar-refractivity contribution in [3.8, 4) is 5.75 Å². The van der Waals surface area contributed by atoms with Gasteiger partial charge in [0.05, 0.1) is 0 Å². The number of rotatable bonds is 3. The second kappa shape index (κ2) is 4.44. The maximum Gasteiger partial charge on any atom is 0.165 e. The summed E-state index contributed by atoms with van der Waals surface area (Å²) in [7, 11) is 0. The van der Waals surface area contributed by atoms with Gasteiger partial charge >= 0.3 is 0 Å². The summed E-state index contributed by atoms with van der Waals surface area (Å²) >= 11 is 1.09. The van der Waals surface area contributed by atoms with E-state index in [9.17, 15) is 4.39 Å². The molecule has 0 spiro atoms. The summed E-state index contributed by atoms with van der Waals surface area (Å²) in [5.41, 5.74) is 7.06. The molecule has 0 radical (unpaired) electrons. The lowest BCUT2D eigenvalue weighted by Crippen LogP contribution is -2.00. The quantitative estimate of drug-likeness (QED) is 0.891. The summed E-state index contributed by atoms with van der Waals surface area (Å²) in [5.74, 6) is -0.195. The van der Waals surface area contributed by atoms with Crippen LogP contribution < -0.4 is 10.5 Å². The van der Waals surface area contributed by atoms with Crippen LogP contribution in [-0.4, -0.2) is 9.59 Å². The van der Waals surface area contributed by atoms with Crippen molar-refractivity contribution in [2.24, 2.45) is 0 Å².